The Morgan fingerprint density at radius 3 is 1.31 bits per heavy atom. The van der Waals surface area contributed by atoms with Gasteiger partial charge in [-0.15, -0.1) is 0 Å². The normalized spacial score (nSPS) is 11.1. The van der Waals surface area contributed by atoms with Crippen LogP contribution in [0.4, 0.5) is 11.4 Å². The van der Waals surface area contributed by atoms with Crippen molar-refractivity contribution in [2.45, 2.75) is 19.5 Å². The monoisotopic (exact) mass is 722 g/mol. The van der Waals surface area contributed by atoms with Crippen LogP contribution in [-0.2, 0) is 13.1 Å². The van der Waals surface area contributed by atoms with Crippen molar-refractivity contribution < 1.29 is 43.1 Å². The number of hydrogen-bond acceptors (Lipinski definition) is 4. The van der Waals surface area contributed by atoms with Crippen molar-refractivity contribution in [1.82, 2.24) is 0 Å². The van der Waals surface area contributed by atoms with Gasteiger partial charge >= 0.3 is 0 Å². The number of anilines is 2. The number of halogens is 2. The molecule has 6 nitrogen and oxygen atoms in total. The minimum Gasteiger partial charge on any atom is -1.00 e. The molecule has 0 saturated heterocycles. The zero-order valence-corrected chi connectivity index (χ0v) is 28.6. The third kappa shape index (κ3) is 8.01. The summed E-state index contributed by atoms with van der Waals surface area (Å²) in [5, 5.41) is 15.6. The summed E-state index contributed by atoms with van der Waals surface area (Å²) in [6.45, 7) is 1.82. The molecule has 228 valence electrons. The first-order valence-corrected chi connectivity index (χ1v) is 14.7. The maximum atomic E-state index is 4.70. The van der Waals surface area contributed by atoms with Crippen LogP contribution in [-0.4, -0.2) is 26.5 Å². The highest BCUT2D eigenvalue weighted by Gasteiger charge is 2.15. The molecule has 6 rings (SSSR count). The molecule has 2 aromatic heterocycles. The van der Waals surface area contributed by atoms with E-state index in [-0.39, 0.29) is 34.0 Å². The second-order valence-electron chi connectivity index (χ2n) is 10.5. The summed E-state index contributed by atoms with van der Waals surface area (Å²) in [5.74, 6) is 0. The summed E-state index contributed by atoms with van der Waals surface area (Å²) < 4.78 is 4.69. The summed E-state index contributed by atoms with van der Waals surface area (Å²) >= 11 is 0. The van der Waals surface area contributed by atoms with E-state index in [2.05, 4.69) is 106 Å². The Hall–Kier alpha value is -4.40. The molecule has 4 aromatic carbocycles. The van der Waals surface area contributed by atoms with Crippen molar-refractivity contribution in [3.8, 4) is 0 Å². The van der Waals surface area contributed by atoms with Crippen LogP contribution in [0.2, 0.25) is 0 Å². The minimum absolute atomic E-state index is 0. The number of pyridine rings is 2. The van der Waals surface area contributed by atoms with Crippen LogP contribution in [0, 0.1) is 0 Å². The van der Waals surface area contributed by atoms with Crippen molar-refractivity contribution in [1.29, 1.82) is 0 Å². The molecule has 0 N–H and O–H groups in total. The van der Waals surface area contributed by atoms with Gasteiger partial charge in [0.05, 0.1) is 41.0 Å². The maximum absolute atomic E-state index is 4.70. The second kappa shape index (κ2) is 16.1. The number of rotatable bonds is 10. The molecule has 0 unspecified atom stereocenters. The van der Waals surface area contributed by atoms with Gasteiger partial charge in [-0.25, -0.2) is 0 Å². The first-order valence-electron chi connectivity index (χ1n) is 14.7. The van der Waals surface area contributed by atoms with Crippen LogP contribution < -0.4 is 53.1 Å². The van der Waals surface area contributed by atoms with Crippen LogP contribution in [0.1, 0.15) is 17.5 Å². The first-order chi connectivity index (χ1) is 21.2. The van der Waals surface area contributed by atoms with Crippen LogP contribution in [0.5, 0.6) is 0 Å². The summed E-state index contributed by atoms with van der Waals surface area (Å²) in [6.07, 6.45) is 9.25. The van der Waals surface area contributed by atoms with Crippen LogP contribution >= 0.6 is 0 Å². The third-order valence-corrected chi connectivity index (χ3v) is 7.71. The molecule has 0 spiro atoms. The Labute approximate surface area is 286 Å². The fourth-order valence-corrected chi connectivity index (χ4v) is 5.36. The van der Waals surface area contributed by atoms with Crippen LogP contribution in [0.3, 0.4) is 0 Å². The lowest BCUT2D eigenvalue weighted by Crippen LogP contribution is -3.00. The highest BCUT2D eigenvalue weighted by Crippen LogP contribution is 2.17. The number of hydrazone groups is 2. The Morgan fingerprint density at radius 1 is 0.511 bits per heavy atom. The molecule has 0 bridgehead atoms. The molecule has 6 aromatic rings. The predicted molar refractivity (Wildman–Crippen MR) is 178 cm³/mol. The molecule has 0 fully saturated rings. The molecule has 0 atom stereocenters. The van der Waals surface area contributed by atoms with E-state index in [0.717, 1.165) is 42.0 Å². The van der Waals surface area contributed by atoms with E-state index < -0.39 is 0 Å². The van der Waals surface area contributed by atoms with E-state index in [4.69, 9.17) is 10.2 Å². The average Bonchev–Trinajstić information content (AvgIpc) is 3.07. The van der Waals surface area contributed by atoms with E-state index in [1.165, 1.54) is 21.8 Å². The average molecular weight is 725 g/mol. The highest BCUT2D eigenvalue weighted by atomic mass is 79.9. The molecule has 0 aliphatic heterocycles. The summed E-state index contributed by atoms with van der Waals surface area (Å²) in [5.41, 5.74) is 6.73. The SMILES string of the molecule is CN(N=Cc1cc[n+](CCC[n+]2ccc(C=NN(C)c3ccccc3)c3ccccc32)c2ccccc12)c1ccccc1.[Br-].[Br-]. The van der Waals surface area contributed by atoms with Crippen molar-refractivity contribution >= 4 is 45.6 Å². The van der Waals surface area contributed by atoms with Gasteiger partial charge in [-0.3, -0.25) is 10.0 Å². The largest absolute Gasteiger partial charge is 1.00 e. The topological polar surface area (TPSA) is 39.0 Å². The Balaban J connectivity index is 0.00000230. The number of aryl methyl sites for hydroxylation is 2. The smallest absolute Gasteiger partial charge is 0.213 e. The highest BCUT2D eigenvalue weighted by molar-refractivity contribution is 5.97. The van der Waals surface area contributed by atoms with Gasteiger partial charge < -0.3 is 34.0 Å². The number of fused-ring (bicyclic) bond motifs is 2. The Morgan fingerprint density at radius 2 is 0.889 bits per heavy atom. The van der Waals surface area contributed by atoms with Gasteiger partial charge in [0.25, 0.3) is 0 Å². The lowest BCUT2D eigenvalue weighted by molar-refractivity contribution is -0.702. The van der Waals surface area contributed by atoms with E-state index in [1.807, 2.05) is 72.9 Å². The number of para-hydroxylation sites is 4. The van der Waals surface area contributed by atoms with Gasteiger partial charge in [-0.1, -0.05) is 60.7 Å². The minimum atomic E-state index is 0. The van der Waals surface area contributed by atoms with E-state index >= 15 is 0 Å². The first kappa shape index (κ1) is 33.5. The molecular weight excluding hydrogens is 688 g/mol. The van der Waals surface area contributed by atoms with Crippen molar-refractivity contribution in [3.63, 3.8) is 0 Å². The van der Waals surface area contributed by atoms with E-state index in [9.17, 15) is 0 Å². The van der Waals surface area contributed by atoms with Gasteiger partial charge in [-0.2, -0.15) is 19.3 Å². The molecule has 0 radical (unpaired) electrons. The van der Waals surface area contributed by atoms with Crippen LogP contribution in [0.25, 0.3) is 21.8 Å². The van der Waals surface area contributed by atoms with Gasteiger partial charge in [0.1, 0.15) is 0 Å². The zero-order valence-electron chi connectivity index (χ0n) is 25.4. The quantitative estimate of drug-likeness (QED) is 0.118. The maximum Gasteiger partial charge on any atom is 0.213 e. The summed E-state index contributed by atoms with van der Waals surface area (Å²) in [7, 11) is 3.95. The van der Waals surface area contributed by atoms with Gasteiger partial charge in [0.2, 0.25) is 11.0 Å². The van der Waals surface area contributed by atoms with Gasteiger partial charge in [0.15, 0.2) is 25.5 Å². The number of benzene rings is 4. The van der Waals surface area contributed by atoms with E-state index in [0.29, 0.717) is 0 Å². The molecule has 0 saturated carbocycles. The molecule has 0 aliphatic rings. The fraction of sp³-hybridized carbons (Fsp3) is 0.135. The van der Waals surface area contributed by atoms with Crippen LogP contribution in [0.15, 0.2) is 144 Å². The molecule has 0 aliphatic carbocycles. The van der Waals surface area contributed by atoms with Gasteiger partial charge in [-0.05, 0) is 36.4 Å². The fourth-order valence-electron chi connectivity index (χ4n) is 5.36. The number of hydrogen-bond donors (Lipinski definition) is 0. The summed E-state index contributed by atoms with van der Waals surface area (Å²) in [6, 6.07) is 41.8. The third-order valence-electron chi connectivity index (χ3n) is 7.71. The molecule has 8 heteroatoms. The number of aromatic nitrogens is 2. The molecule has 2 heterocycles. The predicted octanol–water partition coefficient (Wildman–Crippen LogP) is 0.607. The Kier molecular flexibility index (Phi) is 12.0. The number of nitrogens with zero attached hydrogens (tertiary/aromatic N) is 6. The molecule has 45 heavy (non-hydrogen) atoms. The lowest BCUT2D eigenvalue weighted by atomic mass is 10.1. The molecular formula is C37H36Br2N6. The summed E-state index contributed by atoms with van der Waals surface area (Å²) in [4.78, 5) is 0. The molecule has 0 amide bonds. The zero-order chi connectivity index (χ0) is 29.4. The van der Waals surface area contributed by atoms with Gasteiger partial charge in [0, 0.05) is 49.5 Å². The van der Waals surface area contributed by atoms with Crippen molar-refractivity contribution in [2.24, 2.45) is 10.2 Å². The second-order valence-corrected chi connectivity index (χ2v) is 10.5. The standard InChI is InChI=1S/C37H36N6.2BrH/c1-40(32-14-5-3-6-15-32)38-28-30-22-26-42(36-20-11-9-18-34(30)36)24-13-25-43-27-23-31(35-19-10-12-21-37(35)43)29-39-41(2)33-16-7-4-8-17-33;;/h3-12,14-23,26-29H,13,24-25H2,1-2H3;2*1H/q+2;;/p-2. The Bertz CT molecular complexity index is 1760. The van der Waals surface area contributed by atoms with Crippen molar-refractivity contribution in [3.05, 3.63) is 145 Å². The van der Waals surface area contributed by atoms with E-state index in [1.54, 1.807) is 0 Å². The lowest BCUT2D eigenvalue weighted by Gasteiger charge is -2.12. The van der Waals surface area contributed by atoms with Crippen molar-refractivity contribution in [2.75, 3.05) is 24.1 Å².